The molecule has 18 heavy (non-hydrogen) atoms. The first-order valence-corrected chi connectivity index (χ1v) is 7.21. The van der Waals surface area contributed by atoms with Crippen LogP contribution in [-0.4, -0.2) is 25.0 Å². The molecule has 1 saturated carbocycles. The molecule has 0 spiro atoms. The molecule has 5 heteroatoms. The lowest BCUT2D eigenvalue weighted by Gasteiger charge is -2.07. The van der Waals surface area contributed by atoms with Gasteiger partial charge in [-0.05, 0) is 66.6 Å². The second-order valence-electron chi connectivity index (χ2n) is 4.46. The molecule has 0 bridgehead atoms. The van der Waals surface area contributed by atoms with Crippen molar-refractivity contribution in [1.82, 2.24) is 10.6 Å². The van der Waals surface area contributed by atoms with Crippen LogP contribution in [0.4, 0.5) is 4.39 Å². The summed E-state index contributed by atoms with van der Waals surface area (Å²) in [6.45, 7) is 1.58. The van der Waals surface area contributed by atoms with Gasteiger partial charge in [-0.3, -0.25) is 4.79 Å². The van der Waals surface area contributed by atoms with E-state index in [0.717, 1.165) is 13.0 Å². The van der Waals surface area contributed by atoms with Gasteiger partial charge in [-0.1, -0.05) is 0 Å². The number of rotatable bonds is 6. The molecule has 0 aromatic heterocycles. The molecule has 1 aromatic carbocycles. The van der Waals surface area contributed by atoms with E-state index >= 15 is 0 Å². The first-order valence-electron chi connectivity index (χ1n) is 6.13. The monoisotopic (exact) mass is 362 g/mol. The van der Waals surface area contributed by atoms with Gasteiger partial charge < -0.3 is 10.6 Å². The summed E-state index contributed by atoms with van der Waals surface area (Å²) in [5.41, 5.74) is 0.534. The lowest BCUT2D eigenvalue weighted by atomic mass is 10.2. The summed E-state index contributed by atoms with van der Waals surface area (Å²) in [6.07, 6.45) is 3.47. The van der Waals surface area contributed by atoms with Gasteiger partial charge in [0, 0.05) is 16.2 Å². The average Bonchev–Trinajstić information content (AvgIpc) is 3.12. The number of hydrogen-bond donors (Lipinski definition) is 2. The zero-order valence-corrected chi connectivity index (χ0v) is 12.2. The maximum Gasteiger partial charge on any atom is 0.252 e. The van der Waals surface area contributed by atoms with Gasteiger partial charge in [-0.15, -0.1) is 0 Å². The third-order valence-corrected chi connectivity index (χ3v) is 3.72. The molecule has 2 N–H and O–H groups in total. The van der Waals surface area contributed by atoms with E-state index in [4.69, 9.17) is 0 Å². The summed E-state index contributed by atoms with van der Waals surface area (Å²) in [5, 5.41) is 6.23. The van der Waals surface area contributed by atoms with Crippen LogP contribution in [-0.2, 0) is 0 Å². The predicted molar refractivity (Wildman–Crippen MR) is 77.1 cm³/mol. The number of halogens is 2. The number of hydrogen-bond acceptors (Lipinski definition) is 2. The molecule has 0 radical (unpaired) electrons. The molecule has 0 saturated heterocycles. The zero-order chi connectivity index (χ0) is 13.0. The average molecular weight is 362 g/mol. The highest BCUT2D eigenvalue weighted by atomic mass is 127. The van der Waals surface area contributed by atoms with Gasteiger partial charge in [-0.25, -0.2) is 4.39 Å². The fraction of sp³-hybridized carbons (Fsp3) is 0.462. The largest absolute Gasteiger partial charge is 0.352 e. The Labute approximate surface area is 120 Å². The van der Waals surface area contributed by atoms with E-state index in [1.807, 2.05) is 22.6 Å². The van der Waals surface area contributed by atoms with Crippen LogP contribution < -0.4 is 10.6 Å². The van der Waals surface area contributed by atoms with Crippen LogP contribution in [0.3, 0.4) is 0 Å². The second-order valence-corrected chi connectivity index (χ2v) is 5.62. The van der Waals surface area contributed by atoms with E-state index in [9.17, 15) is 9.18 Å². The van der Waals surface area contributed by atoms with Crippen molar-refractivity contribution >= 4 is 28.5 Å². The van der Waals surface area contributed by atoms with Crippen molar-refractivity contribution in [3.63, 3.8) is 0 Å². The summed E-state index contributed by atoms with van der Waals surface area (Å²) < 4.78 is 13.5. The summed E-state index contributed by atoms with van der Waals surface area (Å²) >= 11 is 1.97. The lowest BCUT2D eigenvalue weighted by Crippen LogP contribution is -2.28. The fourth-order valence-electron chi connectivity index (χ4n) is 1.65. The normalized spacial score (nSPS) is 14.6. The first kappa shape index (κ1) is 13.7. The Bertz CT molecular complexity index is 435. The smallest absolute Gasteiger partial charge is 0.252 e. The van der Waals surface area contributed by atoms with E-state index in [1.165, 1.54) is 31.0 Å². The van der Waals surface area contributed by atoms with E-state index in [-0.39, 0.29) is 11.7 Å². The molecule has 98 valence electrons. The summed E-state index contributed by atoms with van der Waals surface area (Å²) in [7, 11) is 0. The molecule has 3 nitrogen and oxygen atoms in total. The zero-order valence-electron chi connectivity index (χ0n) is 10.0. The van der Waals surface area contributed by atoms with Gasteiger partial charge in [0.1, 0.15) is 5.82 Å². The quantitative estimate of drug-likeness (QED) is 0.603. The van der Waals surface area contributed by atoms with Crippen molar-refractivity contribution in [2.75, 3.05) is 13.1 Å². The Morgan fingerprint density at radius 3 is 2.83 bits per heavy atom. The Hall–Kier alpha value is -0.690. The molecule has 0 unspecified atom stereocenters. The van der Waals surface area contributed by atoms with Gasteiger partial charge in [0.05, 0.1) is 5.56 Å². The summed E-state index contributed by atoms with van der Waals surface area (Å²) in [5.74, 6) is -0.449. The van der Waals surface area contributed by atoms with Gasteiger partial charge in [0.15, 0.2) is 0 Å². The van der Waals surface area contributed by atoms with E-state index in [2.05, 4.69) is 10.6 Å². The number of nitrogens with one attached hydrogen (secondary N) is 2. The highest BCUT2D eigenvalue weighted by Gasteiger charge is 2.19. The van der Waals surface area contributed by atoms with Crippen LogP contribution in [0.5, 0.6) is 0 Å². The Morgan fingerprint density at radius 1 is 1.39 bits per heavy atom. The van der Waals surface area contributed by atoms with Crippen molar-refractivity contribution in [3.05, 3.63) is 33.1 Å². The van der Waals surface area contributed by atoms with Crippen LogP contribution >= 0.6 is 22.6 Å². The summed E-state index contributed by atoms with van der Waals surface area (Å²) in [4.78, 5) is 11.8. The van der Waals surface area contributed by atoms with Crippen LogP contribution in [0, 0.1) is 9.39 Å². The van der Waals surface area contributed by atoms with E-state index in [1.54, 1.807) is 0 Å². The Kier molecular flexibility index (Phi) is 4.94. The van der Waals surface area contributed by atoms with Gasteiger partial charge in [0.25, 0.3) is 5.91 Å². The minimum atomic E-state index is -0.315. The molecular weight excluding hydrogens is 346 g/mol. The van der Waals surface area contributed by atoms with Crippen molar-refractivity contribution in [2.45, 2.75) is 25.3 Å². The molecule has 0 atom stereocenters. The topological polar surface area (TPSA) is 41.1 Å². The Balaban J connectivity index is 1.72. The van der Waals surface area contributed by atoms with Crippen molar-refractivity contribution in [2.24, 2.45) is 0 Å². The van der Waals surface area contributed by atoms with Gasteiger partial charge in [-0.2, -0.15) is 0 Å². The van der Waals surface area contributed by atoms with Gasteiger partial charge >= 0.3 is 0 Å². The molecule has 1 aliphatic carbocycles. The van der Waals surface area contributed by atoms with Crippen molar-refractivity contribution in [1.29, 1.82) is 0 Å². The predicted octanol–water partition coefficient (Wildman–Crippen LogP) is 2.30. The molecular formula is C13H16FIN2O. The summed E-state index contributed by atoms with van der Waals surface area (Å²) in [6, 6.07) is 4.91. The fourth-order valence-corrected chi connectivity index (χ4v) is 2.38. The molecule has 1 amide bonds. The SMILES string of the molecule is O=C(NCCCNC1CC1)c1ccc(F)cc1I. The van der Waals surface area contributed by atoms with Crippen LogP contribution in [0.15, 0.2) is 18.2 Å². The lowest BCUT2D eigenvalue weighted by molar-refractivity contribution is 0.0952. The second kappa shape index (κ2) is 6.47. The van der Waals surface area contributed by atoms with Crippen molar-refractivity contribution < 1.29 is 9.18 Å². The first-order chi connectivity index (χ1) is 8.66. The minimum Gasteiger partial charge on any atom is -0.352 e. The maximum atomic E-state index is 12.9. The maximum absolute atomic E-state index is 12.9. The molecule has 0 aliphatic heterocycles. The van der Waals surface area contributed by atoms with Crippen LogP contribution in [0.25, 0.3) is 0 Å². The van der Waals surface area contributed by atoms with Crippen LogP contribution in [0.1, 0.15) is 29.6 Å². The number of amides is 1. The standard InChI is InChI=1S/C13H16FIN2O/c14-9-2-5-11(12(15)8-9)13(18)17-7-1-6-16-10-3-4-10/h2,5,8,10,16H,1,3-4,6-7H2,(H,17,18). The van der Waals surface area contributed by atoms with Crippen LogP contribution in [0.2, 0.25) is 0 Å². The number of carbonyl (C=O) groups is 1. The third-order valence-electron chi connectivity index (χ3n) is 2.83. The molecule has 1 fully saturated rings. The third kappa shape index (κ3) is 4.20. The highest BCUT2D eigenvalue weighted by Crippen LogP contribution is 2.18. The number of carbonyl (C=O) groups excluding carboxylic acids is 1. The minimum absolute atomic E-state index is 0.133. The highest BCUT2D eigenvalue weighted by molar-refractivity contribution is 14.1. The van der Waals surface area contributed by atoms with Gasteiger partial charge in [0.2, 0.25) is 0 Å². The Morgan fingerprint density at radius 2 is 2.17 bits per heavy atom. The van der Waals surface area contributed by atoms with E-state index < -0.39 is 0 Å². The molecule has 1 aromatic rings. The molecule has 2 rings (SSSR count). The molecule has 0 heterocycles. The molecule has 1 aliphatic rings. The van der Waals surface area contributed by atoms with E-state index in [0.29, 0.717) is 21.7 Å². The number of benzene rings is 1. The van der Waals surface area contributed by atoms with Crippen molar-refractivity contribution in [3.8, 4) is 0 Å².